The predicted octanol–water partition coefficient (Wildman–Crippen LogP) is 4.10. The number of carbonyl (C=O) groups excluding carboxylic acids is 2. The van der Waals surface area contributed by atoms with E-state index in [-0.39, 0.29) is 12.5 Å². The largest absolute Gasteiger partial charge is 0.462 e. The van der Waals surface area contributed by atoms with Gasteiger partial charge in [0, 0.05) is 17.9 Å². The van der Waals surface area contributed by atoms with E-state index in [1.165, 1.54) is 18.3 Å². The van der Waals surface area contributed by atoms with Gasteiger partial charge in [0.1, 0.15) is 9.71 Å². The van der Waals surface area contributed by atoms with Gasteiger partial charge < -0.3 is 10.1 Å². The molecule has 0 saturated carbocycles. The highest BCUT2D eigenvalue weighted by atomic mass is 32.1. The van der Waals surface area contributed by atoms with Crippen LogP contribution < -0.4 is 5.32 Å². The van der Waals surface area contributed by atoms with Crippen molar-refractivity contribution in [2.24, 2.45) is 0 Å². The van der Waals surface area contributed by atoms with Crippen LogP contribution >= 0.6 is 11.3 Å². The second-order valence-electron chi connectivity index (χ2n) is 5.12. The van der Waals surface area contributed by atoms with E-state index in [2.05, 4.69) is 10.3 Å². The second-order valence-corrected chi connectivity index (χ2v) is 6.12. The second kappa shape index (κ2) is 6.80. The quantitative estimate of drug-likeness (QED) is 0.726. The zero-order valence-corrected chi connectivity index (χ0v) is 14.1. The maximum absolute atomic E-state index is 12.2. The molecule has 1 aromatic carbocycles. The maximum atomic E-state index is 12.2. The fraction of sp³-hybridized carbons (Fsp3) is 0.167. The van der Waals surface area contributed by atoms with Crippen LogP contribution in [-0.2, 0) is 9.53 Å². The van der Waals surface area contributed by atoms with Crippen LogP contribution in [0, 0.1) is 0 Å². The SMILES string of the molecule is CCOC(=O)c1sc2nc(-c3ccccc3)ccc2c1NC(C)=O. The molecule has 1 N–H and O–H groups in total. The van der Waals surface area contributed by atoms with Crippen LogP contribution in [0.4, 0.5) is 5.69 Å². The van der Waals surface area contributed by atoms with E-state index < -0.39 is 5.97 Å². The Kier molecular flexibility index (Phi) is 4.57. The van der Waals surface area contributed by atoms with Crippen LogP contribution in [0.1, 0.15) is 23.5 Å². The summed E-state index contributed by atoms with van der Waals surface area (Å²) in [5.41, 5.74) is 2.27. The summed E-state index contributed by atoms with van der Waals surface area (Å²) in [5.74, 6) is -0.696. The third kappa shape index (κ3) is 3.14. The molecule has 0 aliphatic carbocycles. The zero-order valence-electron chi connectivity index (χ0n) is 13.3. The number of rotatable bonds is 4. The topological polar surface area (TPSA) is 68.3 Å². The van der Waals surface area contributed by atoms with Gasteiger partial charge in [-0.1, -0.05) is 30.3 Å². The van der Waals surface area contributed by atoms with E-state index in [0.717, 1.165) is 16.6 Å². The van der Waals surface area contributed by atoms with E-state index >= 15 is 0 Å². The Hall–Kier alpha value is -2.73. The Morgan fingerprint density at radius 3 is 2.58 bits per heavy atom. The number of hydrogen-bond donors (Lipinski definition) is 1. The molecular formula is C18H16N2O3S. The van der Waals surface area contributed by atoms with E-state index in [1.54, 1.807) is 6.92 Å². The molecule has 0 aliphatic rings. The van der Waals surface area contributed by atoms with Crippen molar-refractivity contribution >= 4 is 39.1 Å². The van der Waals surface area contributed by atoms with Crippen molar-refractivity contribution < 1.29 is 14.3 Å². The molecule has 0 fully saturated rings. The number of carbonyl (C=O) groups is 2. The van der Waals surface area contributed by atoms with Gasteiger partial charge in [-0.2, -0.15) is 0 Å². The standard InChI is InChI=1S/C18H16N2O3S/c1-3-23-18(22)16-15(19-11(2)21)13-9-10-14(20-17(13)24-16)12-7-5-4-6-8-12/h4-10H,3H2,1-2H3,(H,19,21). The monoisotopic (exact) mass is 340 g/mol. The van der Waals surface area contributed by atoms with Gasteiger partial charge in [0.2, 0.25) is 5.91 Å². The summed E-state index contributed by atoms with van der Waals surface area (Å²) in [7, 11) is 0. The number of hydrogen-bond acceptors (Lipinski definition) is 5. The number of esters is 1. The molecule has 6 heteroatoms. The first-order chi connectivity index (χ1) is 11.6. The summed E-state index contributed by atoms with van der Waals surface area (Å²) in [6.45, 7) is 3.43. The molecule has 0 unspecified atom stereocenters. The van der Waals surface area contributed by atoms with E-state index in [9.17, 15) is 9.59 Å². The normalized spacial score (nSPS) is 10.6. The predicted molar refractivity (Wildman–Crippen MR) is 95.3 cm³/mol. The van der Waals surface area contributed by atoms with Crippen LogP contribution in [0.5, 0.6) is 0 Å². The number of fused-ring (bicyclic) bond motifs is 1. The minimum atomic E-state index is -0.453. The number of nitrogens with one attached hydrogen (secondary N) is 1. The molecule has 24 heavy (non-hydrogen) atoms. The first-order valence-electron chi connectivity index (χ1n) is 7.53. The Labute approximate surface area is 143 Å². The number of benzene rings is 1. The average Bonchev–Trinajstić information content (AvgIpc) is 2.93. The van der Waals surface area contributed by atoms with Crippen molar-refractivity contribution in [3.63, 3.8) is 0 Å². The Bertz CT molecular complexity index is 903. The number of ether oxygens (including phenoxy) is 1. The van der Waals surface area contributed by atoms with Crippen LogP contribution in [0.25, 0.3) is 21.5 Å². The van der Waals surface area contributed by atoms with Crippen molar-refractivity contribution in [3.8, 4) is 11.3 Å². The fourth-order valence-electron chi connectivity index (χ4n) is 2.39. The fourth-order valence-corrected chi connectivity index (χ4v) is 3.41. The third-order valence-corrected chi connectivity index (χ3v) is 4.47. The van der Waals surface area contributed by atoms with Crippen LogP contribution in [0.3, 0.4) is 0 Å². The smallest absolute Gasteiger partial charge is 0.350 e. The van der Waals surface area contributed by atoms with Gasteiger partial charge in [-0.05, 0) is 19.1 Å². The van der Waals surface area contributed by atoms with Gasteiger partial charge in [0.25, 0.3) is 0 Å². The number of amides is 1. The average molecular weight is 340 g/mol. The van der Waals surface area contributed by atoms with E-state index in [1.807, 2.05) is 42.5 Å². The first kappa shape index (κ1) is 16.1. The molecule has 0 atom stereocenters. The number of anilines is 1. The summed E-state index contributed by atoms with van der Waals surface area (Å²) >= 11 is 1.22. The van der Waals surface area contributed by atoms with Crippen molar-refractivity contribution in [2.75, 3.05) is 11.9 Å². The molecule has 5 nitrogen and oxygen atoms in total. The molecule has 0 aliphatic heterocycles. The molecule has 2 heterocycles. The minimum Gasteiger partial charge on any atom is -0.462 e. The highest BCUT2D eigenvalue weighted by molar-refractivity contribution is 7.21. The Morgan fingerprint density at radius 2 is 1.92 bits per heavy atom. The zero-order chi connectivity index (χ0) is 17.1. The molecule has 1 amide bonds. The Balaban J connectivity index is 2.13. The minimum absolute atomic E-state index is 0.243. The number of pyridine rings is 1. The number of thiophene rings is 1. The molecular weight excluding hydrogens is 324 g/mol. The molecule has 2 aromatic heterocycles. The molecule has 0 bridgehead atoms. The van der Waals surface area contributed by atoms with Gasteiger partial charge in [0.05, 0.1) is 18.0 Å². The van der Waals surface area contributed by atoms with Gasteiger partial charge in [-0.3, -0.25) is 4.79 Å². The summed E-state index contributed by atoms with van der Waals surface area (Å²) in [4.78, 5) is 29.4. The lowest BCUT2D eigenvalue weighted by Crippen LogP contribution is -2.10. The van der Waals surface area contributed by atoms with Crippen molar-refractivity contribution in [2.45, 2.75) is 13.8 Å². The first-order valence-corrected chi connectivity index (χ1v) is 8.35. The van der Waals surface area contributed by atoms with Gasteiger partial charge in [-0.25, -0.2) is 9.78 Å². The lowest BCUT2D eigenvalue weighted by atomic mass is 10.1. The number of aromatic nitrogens is 1. The molecule has 0 saturated heterocycles. The number of nitrogens with zero attached hydrogens (tertiary/aromatic N) is 1. The van der Waals surface area contributed by atoms with Gasteiger partial charge in [0.15, 0.2) is 0 Å². The molecule has 3 rings (SSSR count). The summed E-state index contributed by atoms with van der Waals surface area (Å²) in [6, 6.07) is 13.5. The van der Waals surface area contributed by atoms with Crippen LogP contribution in [-0.4, -0.2) is 23.5 Å². The molecule has 122 valence electrons. The Morgan fingerprint density at radius 1 is 1.17 bits per heavy atom. The highest BCUT2D eigenvalue weighted by Gasteiger charge is 2.21. The lowest BCUT2D eigenvalue weighted by Gasteiger charge is -2.05. The van der Waals surface area contributed by atoms with E-state index in [0.29, 0.717) is 15.4 Å². The summed E-state index contributed by atoms with van der Waals surface area (Å²) < 4.78 is 5.09. The molecule has 0 spiro atoms. The van der Waals surface area contributed by atoms with Crippen molar-refractivity contribution in [3.05, 3.63) is 47.3 Å². The molecule has 3 aromatic rings. The maximum Gasteiger partial charge on any atom is 0.350 e. The lowest BCUT2D eigenvalue weighted by molar-refractivity contribution is -0.114. The molecule has 0 radical (unpaired) electrons. The third-order valence-electron chi connectivity index (χ3n) is 3.39. The van der Waals surface area contributed by atoms with Crippen LogP contribution in [0.2, 0.25) is 0 Å². The van der Waals surface area contributed by atoms with Gasteiger partial charge in [-0.15, -0.1) is 11.3 Å². The summed E-state index contributed by atoms with van der Waals surface area (Å²) in [5, 5.41) is 3.46. The summed E-state index contributed by atoms with van der Waals surface area (Å²) in [6.07, 6.45) is 0. The van der Waals surface area contributed by atoms with Crippen molar-refractivity contribution in [1.29, 1.82) is 0 Å². The van der Waals surface area contributed by atoms with Crippen molar-refractivity contribution in [1.82, 2.24) is 4.98 Å². The van der Waals surface area contributed by atoms with Gasteiger partial charge >= 0.3 is 5.97 Å². The highest BCUT2D eigenvalue weighted by Crippen LogP contribution is 2.36. The van der Waals surface area contributed by atoms with Crippen LogP contribution in [0.15, 0.2) is 42.5 Å². The van der Waals surface area contributed by atoms with E-state index in [4.69, 9.17) is 4.74 Å².